The fourth-order valence-corrected chi connectivity index (χ4v) is 3.09. The van der Waals surface area contributed by atoms with Gasteiger partial charge < -0.3 is 15.4 Å². The van der Waals surface area contributed by atoms with Crippen molar-refractivity contribution in [1.82, 2.24) is 20.4 Å². The minimum atomic E-state index is 0.249. The smallest absolute Gasteiger partial charge is 0.191 e. The standard InChI is InChI=1S/C21H33N5O/c1-7-22-21(23-14-18-10-9-11-19(13-18)27-8-2)24-15(3)12-20-16(4)25-26(6)17(20)5/h9-11,13,15H,7-8,12,14H2,1-6H3,(H2,22,23,24). The average molecular weight is 372 g/mol. The molecule has 0 radical (unpaired) electrons. The molecule has 0 aliphatic carbocycles. The van der Waals surface area contributed by atoms with E-state index in [1.807, 2.05) is 36.9 Å². The molecule has 1 aromatic carbocycles. The molecule has 1 unspecified atom stereocenters. The monoisotopic (exact) mass is 371 g/mol. The number of nitrogens with one attached hydrogen (secondary N) is 2. The first kappa shape index (κ1) is 20.8. The lowest BCUT2D eigenvalue weighted by Crippen LogP contribution is -2.43. The summed E-state index contributed by atoms with van der Waals surface area (Å²) in [6.07, 6.45) is 0.912. The van der Waals surface area contributed by atoms with Crippen LogP contribution in [0, 0.1) is 13.8 Å². The Bertz CT molecular complexity index is 766. The van der Waals surface area contributed by atoms with E-state index in [1.165, 1.54) is 11.3 Å². The van der Waals surface area contributed by atoms with Crippen LogP contribution in [0.25, 0.3) is 0 Å². The Morgan fingerprint density at radius 2 is 2.07 bits per heavy atom. The summed E-state index contributed by atoms with van der Waals surface area (Å²) in [5.74, 6) is 1.71. The Morgan fingerprint density at radius 1 is 1.30 bits per heavy atom. The average Bonchev–Trinajstić information content (AvgIpc) is 2.87. The minimum Gasteiger partial charge on any atom is -0.494 e. The van der Waals surface area contributed by atoms with Crippen LogP contribution in [-0.4, -0.2) is 34.9 Å². The van der Waals surface area contributed by atoms with Crippen LogP contribution < -0.4 is 15.4 Å². The van der Waals surface area contributed by atoms with Crippen molar-refractivity contribution in [1.29, 1.82) is 0 Å². The second-order valence-electron chi connectivity index (χ2n) is 6.80. The van der Waals surface area contributed by atoms with E-state index < -0.39 is 0 Å². The first-order valence-corrected chi connectivity index (χ1v) is 9.70. The first-order chi connectivity index (χ1) is 12.9. The van der Waals surface area contributed by atoms with Gasteiger partial charge in [-0.2, -0.15) is 5.10 Å². The maximum atomic E-state index is 5.57. The summed E-state index contributed by atoms with van der Waals surface area (Å²) in [6.45, 7) is 12.5. The summed E-state index contributed by atoms with van der Waals surface area (Å²) < 4.78 is 7.51. The van der Waals surface area contributed by atoms with Gasteiger partial charge in [0.25, 0.3) is 0 Å². The highest BCUT2D eigenvalue weighted by Crippen LogP contribution is 2.15. The van der Waals surface area contributed by atoms with Crippen molar-refractivity contribution in [2.24, 2.45) is 12.0 Å². The van der Waals surface area contributed by atoms with Gasteiger partial charge in [0.2, 0.25) is 0 Å². The maximum Gasteiger partial charge on any atom is 0.191 e. The molecule has 2 rings (SSSR count). The van der Waals surface area contributed by atoms with E-state index in [9.17, 15) is 0 Å². The third kappa shape index (κ3) is 6.01. The summed E-state index contributed by atoms with van der Waals surface area (Å²) in [5.41, 5.74) is 4.75. The zero-order valence-corrected chi connectivity index (χ0v) is 17.5. The lowest BCUT2D eigenvalue weighted by molar-refractivity contribution is 0.340. The highest BCUT2D eigenvalue weighted by molar-refractivity contribution is 5.80. The van der Waals surface area contributed by atoms with Gasteiger partial charge >= 0.3 is 0 Å². The van der Waals surface area contributed by atoms with Crippen molar-refractivity contribution in [3.63, 3.8) is 0 Å². The number of hydrogen-bond acceptors (Lipinski definition) is 3. The van der Waals surface area contributed by atoms with Crippen LogP contribution in [0.3, 0.4) is 0 Å². The Morgan fingerprint density at radius 3 is 2.70 bits per heavy atom. The summed E-state index contributed by atoms with van der Waals surface area (Å²) in [7, 11) is 1.99. The molecule has 6 heteroatoms. The van der Waals surface area contributed by atoms with Crippen LogP contribution in [0.1, 0.15) is 43.3 Å². The van der Waals surface area contributed by atoms with Gasteiger partial charge in [-0.3, -0.25) is 4.68 Å². The molecule has 0 bridgehead atoms. The van der Waals surface area contributed by atoms with Crippen LogP contribution in [0.15, 0.2) is 29.3 Å². The van der Waals surface area contributed by atoms with E-state index in [-0.39, 0.29) is 6.04 Å². The number of rotatable bonds is 8. The molecule has 148 valence electrons. The van der Waals surface area contributed by atoms with Crippen molar-refractivity contribution < 1.29 is 4.74 Å². The Labute approximate surface area is 163 Å². The van der Waals surface area contributed by atoms with E-state index in [0.29, 0.717) is 13.2 Å². The SMILES string of the molecule is CCNC(=NCc1cccc(OCC)c1)NC(C)Cc1c(C)nn(C)c1C. The molecule has 0 aliphatic heterocycles. The van der Waals surface area contributed by atoms with Crippen LogP contribution in [-0.2, 0) is 20.0 Å². The first-order valence-electron chi connectivity index (χ1n) is 9.70. The predicted octanol–water partition coefficient (Wildman–Crippen LogP) is 3.12. The molecule has 2 N–H and O–H groups in total. The number of nitrogens with zero attached hydrogens (tertiary/aromatic N) is 3. The lowest BCUT2D eigenvalue weighted by atomic mass is 10.1. The highest BCUT2D eigenvalue weighted by atomic mass is 16.5. The molecular weight excluding hydrogens is 338 g/mol. The molecule has 0 saturated heterocycles. The molecule has 2 aromatic rings. The molecule has 1 heterocycles. The normalized spacial score (nSPS) is 12.7. The summed E-state index contributed by atoms with van der Waals surface area (Å²) in [4.78, 5) is 4.73. The number of benzene rings is 1. The number of hydrogen-bond donors (Lipinski definition) is 2. The van der Waals surface area contributed by atoms with E-state index in [1.54, 1.807) is 0 Å². The van der Waals surface area contributed by atoms with Gasteiger partial charge in [-0.1, -0.05) is 12.1 Å². The highest BCUT2D eigenvalue weighted by Gasteiger charge is 2.14. The molecule has 0 amide bonds. The molecule has 1 atom stereocenters. The molecule has 27 heavy (non-hydrogen) atoms. The van der Waals surface area contributed by atoms with Crippen LogP contribution >= 0.6 is 0 Å². The third-order valence-electron chi connectivity index (χ3n) is 4.53. The van der Waals surface area contributed by atoms with Crippen LogP contribution in [0.5, 0.6) is 5.75 Å². The molecule has 6 nitrogen and oxygen atoms in total. The number of aromatic nitrogens is 2. The van der Waals surface area contributed by atoms with Gasteiger partial charge in [-0.05, 0) is 64.3 Å². The molecule has 0 saturated carbocycles. The quantitative estimate of drug-likeness (QED) is 0.553. The topological polar surface area (TPSA) is 63.5 Å². The van der Waals surface area contributed by atoms with E-state index in [2.05, 4.69) is 49.5 Å². The molecular formula is C21H33N5O. The molecule has 0 spiro atoms. The number of ether oxygens (including phenoxy) is 1. The number of guanidine groups is 1. The van der Waals surface area contributed by atoms with Gasteiger partial charge in [0, 0.05) is 25.3 Å². The zero-order valence-electron chi connectivity index (χ0n) is 17.5. The van der Waals surface area contributed by atoms with Gasteiger partial charge in [0.1, 0.15) is 5.75 Å². The predicted molar refractivity (Wildman–Crippen MR) is 111 cm³/mol. The lowest BCUT2D eigenvalue weighted by Gasteiger charge is -2.18. The van der Waals surface area contributed by atoms with Crippen molar-refractivity contribution in [2.45, 2.75) is 53.6 Å². The second kappa shape index (κ2) is 10.00. The molecule has 1 aromatic heterocycles. The van der Waals surface area contributed by atoms with E-state index in [4.69, 9.17) is 9.73 Å². The van der Waals surface area contributed by atoms with Crippen molar-refractivity contribution in [3.8, 4) is 5.75 Å². The van der Waals surface area contributed by atoms with Gasteiger partial charge in [0.15, 0.2) is 5.96 Å². The Balaban J connectivity index is 2.03. The Hall–Kier alpha value is -2.50. The van der Waals surface area contributed by atoms with Gasteiger partial charge in [-0.15, -0.1) is 0 Å². The molecule has 0 fully saturated rings. The summed E-state index contributed by atoms with van der Waals surface area (Å²) in [6, 6.07) is 8.34. The van der Waals surface area contributed by atoms with Crippen LogP contribution in [0.2, 0.25) is 0 Å². The van der Waals surface area contributed by atoms with Gasteiger partial charge in [0.05, 0.1) is 18.8 Å². The Kier molecular flexibility index (Phi) is 7.70. The van der Waals surface area contributed by atoms with Crippen molar-refractivity contribution >= 4 is 5.96 Å². The summed E-state index contributed by atoms with van der Waals surface area (Å²) in [5, 5.41) is 11.4. The van der Waals surface area contributed by atoms with E-state index in [0.717, 1.165) is 35.9 Å². The summed E-state index contributed by atoms with van der Waals surface area (Å²) >= 11 is 0. The minimum absolute atomic E-state index is 0.249. The fourth-order valence-electron chi connectivity index (χ4n) is 3.09. The second-order valence-corrected chi connectivity index (χ2v) is 6.80. The fraction of sp³-hybridized carbons (Fsp3) is 0.524. The largest absolute Gasteiger partial charge is 0.494 e. The van der Waals surface area contributed by atoms with E-state index >= 15 is 0 Å². The van der Waals surface area contributed by atoms with Crippen LogP contribution in [0.4, 0.5) is 0 Å². The zero-order chi connectivity index (χ0) is 19.8. The van der Waals surface area contributed by atoms with Gasteiger partial charge in [-0.25, -0.2) is 4.99 Å². The third-order valence-corrected chi connectivity index (χ3v) is 4.53. The number of aryl methyl sites for hydroxylation is 2. The van der Waals surface area contributed by atoms with Crippen molar-refractivity contribution in [2.75, 3.05) is 13.2 Å². The molecule has 0 aliphatic rings. The number of aliphatic imine (C=N–C) groups is 1. The van der Waals surface area contributed by atoms with Crippen molar-refractivity contribution in [3.05, 3.63) is 46.8 Å². The maximum absolute atomic E-state index is 5.57.